The summed E-state index contributed by atoms with van der Waals surface area (Å²) in [6.45, 7) is 3.43. The van der Waals surface area contributed by atoms with Crippen LogP contribution < -0.4 is 5.32 Å². The first-order chi connectivity index (χ1) is 11.0. The van der Waals surface area contributed by atoms with Crippen LogP contribution in [0.5, 0.6) is 0 Å². The molecule has 1 aliphatic rings. The predicted molar refractivity (Wildman–Crippen MR) is 86.2 cm³/mol. The minimum atomic E-state index is -1.35. The molecule has 1 aliphatic heterocycles. The molecule has 3 heterocycles. The third-order valence-electron chi connectivity index (χ3n) is 4.02. The number of rotatable bonds is 5. The van der Waals surface area contributed by atoms with Gasteiger partial charge in [-0.15, -0.1) is 11.3 Å². The molecule has 0 radical (unpaired) electrons. The third kappa shape index (κ3) is 3.61. The second kappa shape index (κ2) is 6.40. The molecule has 2 aromatic rings. The maximum atomic E-state index is 11.9. The Labute approximate surface area is 138 Å². The molecule has 1 fully saturated rings. The van der Waals surface area contributed by atoms with Crippen molar-refractivity contribution in [1.29, 1.82) is 0 Å². The number of imidazole rings is 1. The van der Waals surface area contributed by atoms with E-state index in [1.807, 2.05) is 11.8 Å². The van der Waals surface area contributed by atoms with Crippen LogP contribution in [0.1, 0.15) is 20.2 Å². The monoisotopic (exact) mass is 336 g/mol. The number of aromatic nitrogens is 2. The lowest BCUT2D eigenvalue weighted by Crippen LogP contribution is -2.51. The number of nitrogens with one attached hydrogen (secondary N) is 2. The molecule has 0 bridgehead atoms. The second-order valence-corrected chi connectivity index (χ2v) is 7.32. The Balaban J connectivity index is 1.57. The molecule has 0 spiro atoms. The number of aryl methyl sites for hydroxylation is 1. The molecule has 0 aliphatic carbocycles. The van der Waals surface area contributed by atoms with Gasteiger partial charge in [0.1, 0.15) is 11.3 Å². The first-order valence-corrected chi connectivity index (χ1v) is 8.22. The SMILES string of the molecule is Cc1ccc(CN2C[C@@H](O)[C@](O)(CNC(=O)c3cnc[nH]3)C2)s1. The summed E-state index contributed by atoms with van der Waals surface area (Å²) in [6.07, 6.45) is 1.93. The molecule has 0 aromatic carbocycles. The zero-order valence-electron chi connectivity index (χ0n) is 12.8. The number of carbonyl (C=O) groups excluding carboxylic acids is 1. The number of hydrogen-bond donors (Lipinski definition) is 4. The highest BCUT2D eigenvalue weighted by atomic mass is 32.1. The molecule has 1 amide bonds. The van der Waals surface area contributed by atoms with Crippen LogP contribution in [0.4, 0.5) is 0 Å². The lowest BCUT2D eigenvalue weighted by atomic mass is 10.0. The van der Waals surface area contributed by atoms with E-state index in [9.17, 15) is 15.0 Å². The van der Waals surface area contributed by atoms with E-state index in [0.29, 0.717) is 25.3 Å². The van der Waals surface area contributed by atoms with Gasteiger partial charge in [0.15, 0.2) is 0 Å². The van der Waals surface area contributed by atoms with Gasteiger partial charge in [-0.1, -0.05) is 0 Å². The van der Waals surface area contributed by atoms with Gasteiger partial charge in [0.05, 0.1) is 25.2 Å². The number of aliphatic hydroxyl groups excluding tert-OH is 1. The number of β-amino-alcohol motifs (C(OH)–C–C–N with tert-alkyl or cyclic N) is 2. The fourth-order valence-corrected chi connectivity index (χ4v) is 3.70. The summed E-state index contributed by atoms with van der Waals surface area (Å²) >= 11 is 1.71. The van der Waals surface area contributed by atoms with Crippen LogP contribution in [0.3, 0.4) is 0 Å². The summed E-state index contributed by atoms with van der Waals surface area (Å²) in [4.78, 5) is 22.8. The summed E-state index contributed by atoms with van der Waals surface area (Å²) in [7, 11) is 0. The number of carbonyl (C=O) groups is 1. The fraction of sp³-hybridized carbons (Fsp3) is 0.467. The van der Waals surface area contributed by atoms with E-state index in [-0.39, 0.29) is 12.5 Å². The maximum absolute atomic E-state index is 11.9. The molecular weight excluding hydrogens is 316 g/mol. The van der Waals surface area contributed by atoms with Crippen molar-refractivity contribution in [2.24, 2.45) is 0 Å². The molecule has 1 saturated heterocycles. The van der Waals surface area contributed by atoms with Crippen LogP contribution in [0, 0.1) is 6.92 Å². The van der Waals surface area contributed by atoms with Gasteiger partial charge in [-0.25, -0.2) is 4.98 Å². The standard InChI is InChI=1S/C15H20N4O3S/c1-10-2-3-11(23-10)5-19-6-13(20)15(22,8-19)7-17-14(21)12-4-16-9-18-12/h2-4,9,13,20,22H,5-8H2,1H3,(H,16,18)(H,17,21)/t13-,15+/m1/s1. The van der Waals surface area contributed by atoms with Crippen LogP contribution >= 0.6 is 11.3 Å². The number of likely N-dealkylation sites (tertiary alicyclic amines) is 1. The molecule has 3 rings (SSSR count). The smallest absolute Gasteiger partial charge is 0.269 e. The number of aliphatic hydroxyl groups is 2. The van der Waals surface area contributed by atoms with Crippen LogP contribution in [0.25, 0.3) is 0 Å². The van der Waals surface area contributed by atoms with Crippen molar-refractivity contribution in [2.75, 3.05) is 19.6 Å². The Kier molecular flexibility index (Phi) is 4.49. The largest absolute Gasteiger partial charge is 0.389 e. The van der Waals surface area contributed by atoms with Gasteiger partial charge in [0.2, 0.25) is 0 Å². The number of aromatic amines is 1. The molecule has 0 unspecified atom stereocenters. The van der Waals surface area contributed by atoms with Gasteiger partial charge in [0, 0.05) is 29.4 Å². The molecule has 0 saturated carbocycles. The Morgan fingerprint density at radius 2 is 2.43 bits per heavy atom. The number of amides is 1. The van der Waals surface area contributed by atoms with Gasteiger partial charge >= 0.3 is 0 Å². The first kappa shape index (κ1) is 16.1. The molecule has 8 heteroatoms. The van der Waals surface area contributed by atoms with Crippen molar-refractivity contribution in [3.63, 3.8) is 0 Å². The summed E-state index contributed by atoms with van der Waals surface area (Å²) < 4.78 is 0. The molecular formula is C15H20N4O3S. The first-order valence-electron chi connectivity index (χ1n) is 7.41. The Morgan fingerprint density at radius 1 is 1.61 bits per heavy atom. The maximum Gasteiger partial charge on any atom is 0.269 e. The van der Waals surface area contributed by atoms with Gasteiger partial charge in [-0.2, -0.15) is 0 Å². The van der Waals surface area contributed by atoms with Crippen molar-refractivity contribution in [1.82, 2.24) is 20.2 Å². The van der Waals surface area contributed by atoms with Crippen molar-refractivity contribution >= 4 is 17.2 Å². The van der Waals surface area contributed by atoms with Crippen molar-refractivity contribution in [2.45, 2.75) is 25.2 Å². The zero-order valence-corrected chi connectivity index (χ0v) is 13.6. The topological polar surface area (TPSA) is 101 Å². The van der Waals surface area contributed by atoms with E-state index in [1.54, 1.807) is 11.3 Å². The second-order valence-electron chi connectivity index (χ2n) is 5.95. The summed E-state index contributed by atoms with van der Waals surface area (Å²) in [5.41, 5.74) is -1.02. The van der Waals surface area contributed by atoms with Gasteiger partial charge in [-0.05, 0) is 19.1 Å². The molecule has 4 N–H and O–H groups in total. The van der Waals surface area contributed by atoms with Crippen LogP contribution in [-0.4, -0.2) is 62.3 Å². The summed E-state index contributed by atoms with van der Waals surface area (Å²) in [6, 6.07) is 4.12. The molecule has 23 heavy (non-hydrogen) atoms. The number of thiophene rings is 1. The average molecular weight is 336 g/mol. The lowest BCUT2D eigenvalue weighted by molar-refractivity contribution is -0.0377. The highest BCUT2D eigenvalue weighted by Gasteiger charge is 2.44. The van der Waals surface area contributed by atoms with Gasteiger partial charge < -0.3 is 20.5 Å². The normalized spacial score (nSPS) is 24.9. The van der Waals surface area contributed by atoms with Gasteiger partial charge in [0.25, 0.3) is 5.91 Å². The minimum Gasteiger partial charge on any atom is -0.389 e. The van der Waals surface area contributed by atoms with Crippen molar-refractivity contribution in [3.05, 3.63) is 40.1 Å². The zero-order chi connectivity index (χ0) is 16.4. The highest BCUT2D eigenvalue weighted by Crippen LogP contribution is 2.25. The Morgan fingerprint density at radius 3 is 3.09 bits per heavy atom. The molecule has 7 nitrogen and oxygen atoms in total. The Bertz CT molecular complexity index is 672. The number of H-pyrrole nitrogens is 1. The molecule has 2 atom stereocenters. The summed E-state index contributed by atoms with van der Waals surface area (Å²) in [5.74, 6) is -0.351. The van der Waals surface area contributed by atoms with E-state index in [4.69, 9.17) is 0 Å². The van der Waals surface area contributed by atoms with E-state index < -0.39 is 11.7 Å². The molecule has 124 valence electrons. The van der Waals surface area contributed by atoms with E-state index in [0.717, 1.165) is 0 Å². The highest BCUT2D eigenvalue weighted by molar-refractivity contribution is 7.11. The van der Waals surface area contributed by atoms with Crippen LogP contribution in [0.2, 0.25) is 0 Å². The lowest BCUT2D eigenvalue weighted by Gasteiger charge is -2.26. The fourth-order valence-electron chi connectivity index (χ4n) is 2.76. The van der Waals surface area contributed by atoms with E-state index in [2.05, 4.69) is 27.4 Å². The third-order valence-corrected chi connectivity index (χ3v) is 5.01. The average Bonchev–Trinajstić information content (AvgIpc) is 3.21. The van der Waals surface area contributed by atoms with Gasteiger partial charge in [-0.3, -0.25) is 9.69 Å². The summed E-state index contributed by atoms with van der Waals surface area (Å²) in [5, 5.41) is 23.5. The van der Waals surface area contributed by atoms with Crippen molar-refractivity contribution < 1.29 is 15.0 Å². The molecule has 2 aromatic heterocycles. The van der Waals surface area contributed by atoms with Crippen molar-refractivity contribution in [3.8, 4) is 0 Å². The van der Waals surface area contributed by atoms with E-state index >= 15 is 0 Å². The quantitative estimate of drug-likeness (QED) is 0.621. The number of nitrogens with zero attached hydrogens (tertiary/aromatic N) is 2. The van der Waals surface area contributed by atoms with Crippen LogP contribution in [-0.2, 0) is 6.54 Å². The number of hydrogen-bond acceptors (Lipinski definition) is 6. The minimum absolute atomic E-state index is 0.00795. The predicted octanol–water partition coefficient (Wildman–Crippen LogP) is 0.117. The van der Waals surface area contributed by atoms with Crippen LogP contribution in [0.15, 0.2) is 24.7 Å². The van der Waals surface area contributed by atoms with E-state index in [1.165, 1.54) is 22.3 Å². The Hall–Kier alpha value is -1.74.